The normalized spacial score (nSPS) is 16.2. The molecule has 2 unspecified atom stereocenters. The number of rotatable bonds is 44. The summed E-state index contributed by atoms with van der Waals surface area (Å²) in [5, 5.41) is 56.2. The smallest absolute Gasteiger partial charge is 0.229 e. The molecule has 1 rings (SSSR count). The zero-order valence-corrected chi connectivity index (χ0v) is 43.7. The van der Waals surface area contributed by atoms with Crippen molar-refractivity contribution in [1.82, 2.24) is 62.6 Å². The highest BCUT2D eigenvalue weighted by molar-refractivity contribution is 6.18. The van der Waals surface area contributed by atoms with Gasteiger partial charge < -0.3 is 72.9 Å². The summed E-state index contributed by atoms with van der Waals surface area (Å²) in [6.45, 7) is 13.8. The highest BCUT2D eigenvalue weighted by atomic mass is 35.5. The largest absolute Gasteiger partial charge is 0.393 e. The molecule has 2 atom stereocenters. The molecule has 0 aromatic carbocycles. The first-order chi connectivity index (χ1) is 33.9. The Morgan fingerprint density at radius 3 is 1.32 bits per heavy atom. The third-order valence-electron chi connectivity index (χ3n) is 12.1. The van der Waals surface area contributed by atoms with Crippen LogP contribution in [0.25, 0.3) is 0 Å². The Kier molecular flexibility index (Phi) is 36.1. The summed E-state index contributed by atoms with van der Waals surface area (Å²) >= 11 is 5.83. The minimum Gasteiger partial charge on any atom is -0.393 e. The van der Waals surface area contributed by atoms with E-state index >= 15 is 0 Å². The van der Waals surface area contributed by atoms with Gasteiger partial charge in [-0.1, -0.05) is 13.8 Å². The fourth-order valence-corrected chi connectivity index (χ4v) is 8.17. The van der Waals surface area contributed by atoms with Crippen LogP contribution in [-0.2, 0) is 38.4 Å². The van der Waals surface area contributed by atoms with E-state index in [9.17, 15) is 53.7 Å². The molecule has 0 aliphatic heterocycles. The van der Waals surface area contributed by atoms with Gasteiger partial charge >= 0.3 is 0 Å². The van der Waals surface area contributed by atoms with E-state index in [4.69, 9.17) is 11.6 Å². The summed E-state index contributed by atoms with van der Waals surface area (Å²) < 4.78 is 0. The Labute approximate surface area is 426 Å². The summed E-state index contributed by atoms with van der Waals surface area (Å²) in [6, 6.07) is 0. The van der Waals surface area contributed by atoms with Crippen LogP contribution in [0.3, 0.4) is 0 Å². The lowest BCUT2D eigenvalue weighted by Crippen LogP contribution is -2.46. The molecular weight excluding hydrogens is 944 g/mol. The van der Waals surface area contributed by atoms with Gasteiger partial charge in [0.15, 0.2) is 0 Å². The number of hydrogen-bond donors (Lipinski definition) is 12. The lowest BCUT2D eigenvalue weighted by atomic mass is 9.63. The molecule has 0 saturated heterocycles. The first-order valence-corrected chi connectivity index (χ1v) is 25.9. The fraction of sp³-hybridized carbons (Fsp3) is 0.830. The van der Waals surface area contributed by atoms with E-state index in [0.29, 0.717) is 123 Å². The monoisotopic (exact) mass is 1030 g/mol. The van der Waals surface area contributed by atoms with E-state index in [-0.39, 0.29) is 75.1 Å². The van der Waals surface area contributed by atoms with Crippen LogP contribution in [0.2, 0.25) is 0 Å². The topological polar surface area (TPSA) is 315 Å². The molecule has 23 nitrogen and oxygen atoms in total. The SMILES string of the molecule is CCN(CC)CC(O)CN(CCNC)CCNC(=O)CC(=O)NCCN(CCNC(=O)CC(=O)NCCC1(CCNC(=O)CC(=O)NCCNCCNC(=O)CCCCC(C)=O)CC(O)C1)CC(O)CCl. The van der Waals surface area contributed by atoms with E-state index in [0.717, 1.165) is 13.1 Å². The number of aliphatic hydroxyl groups excluding tert-OH is 3. The molecule has 7 amide bonds. The average molecular weight is 1030 g/mol. The minimum atomic E-state index is -0.866. The molecule has 0 radical (unpaired) electrons. The van der Waals surface area contributed by atoms with Crippen molar-refractivity contribution in [2.75, 3.05) is 137 Å². The van der Waals surface area contributed by atoms with Gasteiger partial charge in [0.1, 0.15) is 25.0 Å². The number of nitrogens with one attached hydrogen (secondary N) is 9. The van der Waals surface area contributed by atoms with Gasteiger partial charge in [-0.3, -0.25) is 43.4 Å². The third-order valence-corrected chi connectivity index (χ3v) is 12.5. The van der Waals surface area contributed by atoms with E-state index in [1.165, 1.54) is 6.92 Å². The Morgan fingerprint density at radius 1 is 0.535 bits per heavy atom. The Hall–Kier alpha value is -4.07. The zero-order valence-electron chi connectivity index (χ0n) is 43.0. The molecule has 71 heavy (non-hydrogen) atoms. The molecule has 12 N–H and O–H groups in total. The van der Waals surface area contributed by atoms with Crippen LogP contribution >= 0.6 is 11.6 Å². The van der Waals surface area contributed by atoms with E-state index < -0.39 is 60.2 Å². The summed E-state index contributed by atoms with van der Waals surface area (Å²) in [5.41, 5.74) is -0.320. The summed E-state index contributed by atoms with van der Waals surface area (Å²) in [6.07, 6.45) is 1.21. The molecule has 1 aliphatic rings. The number of halogens is 1. The highest BCUT2D eigenvalue weighted by Gasteiger charge is 2.42. The predicted octanol–water partition coefficient (Wildman–Crippen LogP) is -3.24. The van der Waals surface area contributed by atoms with Gasteiger partial charge in [0.25, 0.3) is 0 Å². The Bertz CT molecular complexity index is 1580. The van der Waals surface area contributed by atoms with Gasteiger partial charge in [0.05, 0.1) is 18.3 Å². The van der Waals surface area contributed by atoms with E-state index in [2.05, 4.69) is 57.7 Å². The number of amides is 7. The number of hydrogen-bond acceptors (Lipinski definition) is 16. The van der Waals surface area contributed by atoms with Crippen LogP contribution < -0.4 is 47.9 Å². The predicted molar refractivity (Wildman–Crippen MR) is 271 cm³/mol. The molecule has 0 aromatic rings. The first kappa shape index (κ1) is 64.9. The quantitative estimate of drug-likeness (QED) is 0.0162. The number of Topliss-reactive ketones (excluding diaryl/α,β-unsaturated/α-hetero) is 1. The molecule has 0 aromatic heterocycles. The first-order valence-electron chi connectivity index (χ1n) is 25.4. The lowest BCUT2D eigenvalue weighted by molar-refractivity contribution is -0.131. The average Bonchev–Trinajstić information content (AvgIpc) is 3.30. The molecule has 0 bridgehead atoms. The van der Waals surface area contributed by atoms with Crippen LogP contribution in [-0.4, -0.2) is 233 Å². The number of unbranched alkanes of at least 4 members (excludes halogenated alkanes) is 1. The Balaban J connectivity index is 2.34. The van der Waals surface area contributed by atoms with Crippen LogP contribution in [0, 0.1) is 5.41 Å². The second kappa shape index (κ2) is 39.5. The summed E-state index contributed by atoms with van der Waals surface area (Å²) in [4.78, 5) is 104. The molecular formula is C47H89ClN12O11. The number of alkyl halides is 1. The lowest BCUT2D eigenvalue weighted by Gasteiger charge is -2.46. The number of ketones is 1. The maximum atomic E-state index is 12.6. The Morgan fingerprint density at radius 2 is 0.915 bits per heavy atom. The van der Waals surface area contributed by atoms with Gasteiger partial charge in [-0.2, -0.15) is 0 Å². The van der Waals surface area contributed by atoms with Gasteiger partial charge in [0, 0.05) is 130 Å². The third kappa shape index (κ3) is 34.1. The number of carbonyl (C=O) groups excluding carboxylic acids is 8. The van der Waals surface area contributed by atoms with Crippen molar-refractivity contribution in [1.29, 1.82) is 0 Å². The van der Waals surface area contributed by atoms with Crippen LogP contribution in [0.5, 0.6) is 0 Å². The minimum absolute atomic E-state index is 0.0247. The van der Waals surface area contributed by atoms with Crippen LogP contribution in [0.15, 0.2) is 0 Å². The van der Waals surface area contributed by atoms with Crippen molar-refractivity contribution in [3.63, 3.8) is 0 Å². The van der Waals surface area contributed by atoms with Crippen molar-refractivity contribution >= 4 is 58.7 Å². The zero-order chi connectivity index (χ0) is 52.9. The summed E-state index contributed by atoms with van der Waals surface area (Å²) in [7, 11) is 1.85. The van der Waals surface area contributed by atoms with Crippen molar-refractivity contribution < 1.29 is 53.7 Å². The number of nitrogens with zero attached hydrogens (tertiary/aromatic N) is 3. The molecule has 1 aliphatic carbocycles. The van der Waals surface area contributed by atoms with Crippen LogP contribution in [0.1, 0.15) is 91.4 Å². The molecule has 0 spiro atoms. The standard InChI is InChI=1S/C47H89ClN12O11/c1-5-58(6-2)34-39(64)35-59(23-19-49-4)24-20-55-45(70)29-46(71)57-22-26-60(33-38(63)32-48)25-21-56-44(69)28-42(67)52-14-12-47(30-37(62)31-47)11-13-51-41(66)27-43(68)54-18-16-50-15-17-53-40(65)10-8-7-9-36(3)61/h37-39,49-50,62-64H,5-35H2,1-4H3,(H,51,66)(H,52,67)(H,53,65)(H,54,68)(H,55,70)(H,56,69)(H,57,71). The summed E-state index contributed by atoms with van der Waals surface area (Å²) in [5.74, 6) is -2.75. The maximum Gasteiger partial charge on any atom is 0.229 e. The number of likely N-dealkylation sites (N-methyl/N-ethyl adjacent to an activating group) is 2. The molecule has 0 heterocycles. The van der Waals surface area contributed by atoms with Gasteiger partial charge in [-0.15, -0.1) is 11.6 Å². The van der Waals surface area contributed by atoms with E-state index in [1.54, 1.807) is 4.90 Å². The molecule has 24 heteroatoms. The van der Waals surface area contributed by atoms with Gasteiger partial charge in [-0.25, -0.2) is 0 Å². The van der Waals surface area contributed by atoms with Gasteiger partial charge in [0.2, 0.25) is 41.4 Å². The van der Waals surface area contributed by atoms with E-state index in [1.807, 2.05) is 20.9 Å². The molecule has 1 saturated carbocycles. The van der Waals surface area contributed by atoms with Gasteiger partial charge in [-0.05, 0) is 71.0 Å². The van der Waals surface area contributed by atoms with Crippen LogP contribution in [0.4, 0.5) is 0 Å². The second-order valence-electron chi connectivity index (χ2n) is 18.4. The number of carbonyl (C=O) groups is 8. The number of aliphatic hydroxyl groups is 3. The maximum absolute atomic E-state index is 12.6. The van der Waals surface area contributed by atoms with Crippen molar-refractivity contribution in [2.45, 2.75) is 110 Å². The fourth-order valence-electron chi connectivity index (χ4n) is 8.07. The highest BCUT2D eigenvalue weighted by Crippen LogP contribution is 2.46. The molecule has 1 fully saturated rings. The molecule has 410 valence electrons. The van der Waals surface area contributed by atoms with Crippen molar-refractivity contribution in [2.24, 2.45) is 5.41 Å². The van der Waals surface area contributed by atoms with Crippen molar-refractivity contribution in [3.05, 3.63) is 0 Å². The second-order valence-corrected chi connectivity index (χ2v) is 18.7. The van der Waals surface area contributed by atoms with Crippen molar-refractivity contribution in [3.8, 4) is 0 Å².